The van der Waals surface area contributed by atoms with Gasteiger partial charge in [0.05, 0.1) is 12.5 Å². The van der Waals surface area contributed by atoms with Crippen LogP contribution in [-0.2, 0) is 4.79 Å². The number of nitrogens with one attached hydrogen (secondary N) is 1. The normalized spacial score (nSPS) is 19.5. The maximum atomic E-state index is 13.2. The number of rotatable bonds is 6. The third kappa shape index (κ3) is 4.53. The standard InChI is InChI=1S/C20H23FN2O3S/c1-13(2)7-9-22-18(24)17-12-27-20(15-8-10-26-11-15)23(17)19(25)14-3-5-16(21)6-4-14/h3-6,8,10-11,13,17,20H,7,9,12H2,1-2H3,(H,22,24)/t17-,20-/m0/s1. The quantitative estimate of drug-likeness (QED) is 0.814. The second-order valence-corrected chi connectivity index (χ2v) is 8.06. The summed E-state index contributed by atoms with van der Waals surface area (Å²) in [5.74, 6) is 0.117. The number of thioether (sulfide) groups is 1. The maximum absolute atomic E-state index is 13.2. The molecule has 5 nitrogen and oxygen atoms in total. The molecular formula is C20H23FN2O3S. The number of benzene rings is 1. The van der Waals surface area contributed by atoms with E-state index in [1.165, 1.54) is 36.0 Å². The molecule has 144 valence electrons. The van der Waals surface area contributed by atoms with Crippen molar-refractivity contribution in [2.75, 3.05) is 12.3 Å². The summed E-state index contributed by atoms with van der Waals surface area (Å²) in [6.45, 7) is 4.76. The van der Waals surface area contributed by atoms with E-state index in [0.717, 1.165) is 12.0 Å². The zero-order valence-electron chi connectivity index (χ0n) is 15.4. The van der Waals surface area contributed by atoms with E-state index >= 15 is 0 Å². The molecule has 0 spiro atoms. The smallest absolute Gasteiger partial charge is 0.255 e. The first kappa shape index (κ1) is 19.5. The third-order valence-corrected chi connectivity index (χ3v) is 5.80. The van der Waals surface area contributed by atoms with Gasteiger partial charge >= 0.3 is 0 Å². The van der Waals surface area contributed by atoms with E-state index in [-0.39, 0.29) is 17.2 Å². The molecule has 0 bridgehead atoms. The fourth-order valence-electron chi connectivity index (χ4n) is 2.97. The fraction of sp³-hybridized carbons (Fsp3) is 0.400. The van der Waals surface area contributed by atoms with Crippen molar-refractivity contribution in [2.45, 2.75) is 31.7 Å². The van der Waals surface area contributed by atoms with Crippen molar-refractivity contribution in [2.24, 2.45) is 5.92 Å². The Kier molecular flexibility index (Phi) is 6.21. The monoisotopic (exact) mass is 390 g/mol. The molecule has 0 unspecified atom stereocenters. The number of carbonyl (C=O) groups is 2. The SMILES string of the molecule is CC(C)CCNC(=O)[C@@H]1CS[C@@H](c2ccoc2)N1C(=O)c1ccc(F)cc1. The first-order valence-electron chi connectivity index (χ1n) is 8.97. The van der Waals surface area contributed by atoms with Gasteiger partial charge in [-0.05, 0) is 42.7 Å². The number of halogens is 1. The van der Waals surface area contributed by atoms with Gasteiger partial charge in [0.25, 0.3) is 5.91 Å². The van der Waals surface area contributed by atoms with Crippen LogP contribution in [0.3, 0.4) is 0 Å². The molecule has 0 aliphatic carbocycles. The van der Waals surface area contributed by atoms with Crippen LogP contribution < -0.4 is 5.32 Å². The second-order valence-electron chi connectivity index (χ2n) is 6.95. The molecule has 1 fully saturated rings. The molecule has 1 saturated heterocycles. The molecule has 1 N–H and O–H groups in total. The molecule has 0 saturated carbocycles. The minimum atomic E-state index is -0.584. The summed E-state index contributed by atoms with van der Waals surface area (Å²) >= 11 is 1.52. The van der Waals surface area contributed by atoms with Gasteiger partial charge in [-0.2, -0.15) is 0 Å². The van der Waals surface area contributed by atoms with Gasteiger partial charge in [0.15, 0.2) is 0 Å². The van der Waals surface area contributed by atoms with Crippen LogP contribution in [0, 0.1) is 11.7 Å². The molecular weight excluding hydrogens is 367 g/mol. The van der Waals surface area contributed by atoms with E-state index in [1.54, 1.807) is 23.5 Å². The molecule has 27 heavy (non-hydrogen) atoms. The lowest BCUT2D eigenvalue weighted by atomic mass is 10.1. The first-order valence-corrected chi connectivity index (χ1v) is 10.0. The van der Waals surface area contributed by atoms with Crippen molar-refractivity contribution in [1.29, 1.82) is 0 Å². The molecule has 1 aromatic heterocycles. The molecule has 2 heterocycles. The zero-order valence-corrected chi connectivity index (χ0v) is 16.2. The van der Waals surface area contributed by atoms with Crippen molar-refractivity contribution < 1.29 is 18.4 Å². The highest BCUT2D eigenvalue weighted by atomic mass is 32.2. The molecule has 2 amide bonds. The van der Waals surface area contributed by atoms with Crippen LogP contribution in [0.25, 0.3) is 0 Å². The van der Waals surface area contributed by atoms with Crippen molar-refractivity contribution in [3.05, 3.63) is 59.8 Å². The number of hydrogen-bond acceptors (Lipinski definition) is 4. The number of carbonyl (C=O) groups excluding carboxylic acids is 2. The van der Waals surface area contributed by atoms with E-state index in [0.29, 0.717) is 23.8 Å². The van der Waals surface area contributed by atoms with Crippen LogP contribution >= 0.6 is 11.8 Å². The van der Waals surface area contributed by atoms with Gasteiger partial charge in [-0.15, -0.1) is 11.8 Å². The third-order valence-electron chi connectivity index (χ3n) is 4.48. The number of nitrogens with zero attached hydrogens (tertiary/aromatic N) is 1. The summed E-state index contributed by atoms with van der Waals surface area (Å²) in [5, 5.41) is 2.62. The average Bonchev–Trinajstić information content (AvgIpc) is 3.30. The summed E-state index contributed by atoms with van der Waals surface area (Å²) in [5.41, 5.74) is 1.18. The zero-order chi connectivity index (χ0) is 19.4. The lowest BCUT2D eigenvalue weighted by Crippen LogP contribution is -2.48. The van der Waals surface area contributed by atoms with Crippen molar-refractivity contribution in [3.63, 3.8) is 0 Å². The predicted molar refractivity (Wildman–Crippen MR) is 103 cm³/mol. The van der Waals surface area contributed by atoms with Crippen LogP contribution in [0.4, 0.5) is 4.39 Å². The van der Waals surface area contributed by atoms with Gasteiger partial charge in [-0.3, -0.25) is 9.59 Å². The van der Waals surface area contributed by atoms with E-state index in [9.17, 15) is 14.0 Å². The Morgan fingerprint density at radius 1 is 1.30 bits per heavy atom. The predicted octanol–water partition coefficient (Wildman–Crippen LogP) is 3.84. The molecule has 0 radical (unpaired) electrons. The Morgan fingerprint density at radius 3 is 2.67 bits per heavy atom. The molecule has 1 aliphatic rings. The minimum absolute atomic E-state index is 0.162. The first-order chi connectivity index (χ1) is 13.0. The Hall–Kier alpha value is -2.28. The number of hydrogen-bond donors (Lipinski definition) is 1. The van der Waals surface area contributed by atoms with Gasteiger partial charge < -0.3 is 14.6 Å². The number of amides is 2. The minimum Gasteiger partial charge on any atom is -0.472 e. The van der Waals surface area contributed by atoms with Crippen LogP contribution in [0.2, 0.25) is 0 Å². The molecule has 2 atom stereocenters. The summed E-state index contributed by atoms with van der Waals surface area (Å²) in [6.07, 6.45) is 4.01. The maximum Gasteiger partial charge on any atom is 0.255 e. The summed E-state index contributed by atoms with van der Waals surface area (Å²) in [4.78, 5) is 27.5. The highest BCUT2D eigenvalue weighted by molar-refractivity contribution is 7.99. The Labute approximate surface area is 162 Å². The Balaban J connectivity index is 1.83. The average molecular weight is 390 g/mol. The van der Waals surface area contributed by atoms with Crippen LogP contribution in [0.15, 0.2) is 47.3 Å². The van der Waals surface area contributed by atoms with Crippen LogP contribution in [0.1, 0.15) is 41.6 Å². The van der Waals surface area contributed by atoms with Crippen molar-refractivity contribution in [1.82, 2.24) is 10.2 Å². The van der Waals surface area contributed by atoms with Gasteiger partial charge in [-0.1, -0.05) is 13.8 Å². The molecule has 2 aromatic rings. The topological polar surface area (TPSA) is 62.6 Å². The lowest BCUT2D eigenvalue weighted by molar-refractivity contribution is -0.124. The van der Waals surface area contributed by atoms with Crippen LogP contribution in [0.5, 0.6) is 0 Å². The van der Waals surface area contributed by atoms with E-state index < -0.39 is 11.9 Å². The van der Waals surface area contributed by atoms with E-state index in [4.69, 9.17) is 4.42 Å². The van der Waals surface area contributed by atoms with E-state index in [2.05, 4.69) is 19.2 Å². The molecule has 7 heteroatoms. The summed E-state index contributed by atoms with van der Waals surface area (Å²) < 4.78 is 18.4. The lowest BCUT2D eigenvalue weighted by Gasteiger charge is -2.28. The Morgan fingerprint density at radius 2 is 2.04 bits per heavy atom. The summed E-state index contributed by atoms with van der Waals surface area (Å²) in [7, 11) is 0. The largest absolute Gasteiger partial charge is 0.472 e. The van der Waals surface area contributed by atoms with Crippen molar-refractivity contribution in [3.8, 4) is 0 Å². The van der Waals surface area contributed by atoms with Crippen LogP contribution in [-0.4, -0.2) is 35.1 Å². The molecule has 1 aromatic carbocycles. The van der Waals surface area contributed by atoms with E-state index in [1.807, 2.05) is 0 Å². The molecule has 3 rings (SSSR count). The van der Waals surface area contributed by atoms with Gasteiger partial charge in [0, 0.05) is 23.4 Å². The second kappa shape index (κ2) is 8.61. The highest BCUT2D eigenvalue weighted by Crippen LogP contribution is 2.42. The van der Waals surface area contributed by atoms with Gasteiger partial charge in [-0.25, -0.2) is 4.39 Å². The fourth-order valence-corrected chi connectivity index (χ4v) is 4.38. The molecule has 1 aliphatic heterocycles. The van der Waals surface area contributed by atoms with Crippen molar-refractivity contribution >= 4 is 23.6 Å². The number of furan rings is 1. The highest BCUT2D eigenvalue weighted by Gasteiger charge is 2.42. The summed E-state index contributed by atoms with van der Waals surface area (Å²) in [6, 6.07) is 6.60. The van der Waals surface area contributed by atoms with Gasteiger partial charge in [0.2, 0.25) is 5.91 Å². The Bertz CT molecular complexity index is 777. The van der Waals surface area contributed by atoms with Gasteiger partial charge in [0.1, 0.15) is 17.2 Å².